The topological polar surface area (TPSA) is 66.4 Å². The zero-order valence-corrected chi connectivity index (χ0v) is 9.84. The maximum Gasteiger partial charge on any atom is 0.336 e. The van der Waals surface area contributed by atoms with Crippen LogP contribution in [0.4, 0.5) is 5.69 Å². The lowest BCUT2D eigenvalue weighted by Crippen LogP contribution is -2.11. The van der Waals surface area contributed by atoms with Gasteiger partial charge >= 0.3 is 5.97 Å². The third-order valence-electron chi connectivity index (χ3n) is 2.89. The van der Waals surface area contributed by atoms with Crippen molar-refractivity contribution in [3.05, 3.63) is 27.8 Å². The highest BCUT2D eigenvalue weighted by Crippen LogP contribution is 2.29. The van der Waals surface area contributed by atoms with Gasteiger partial charge in [-0.3, -0.25) is 4.79 Å². The van der Waals surface area contributed by atoms with E-state index in [2.05, 4.69) is 5.32 Å². The summed E-state index contributed by atoms with van der Waals surface area (Å²) in [6.45, 7) is 5.21. The molecule has 0 radical (unpaired) electrons. The van der Waals surface area contributed by atoms with Crippen molar-refractivity contribution in [1.29, 1.82) is 0 Å². The van der Waals surface area contributed by atoms with Gasteiger partial charge in [-0.2, -0.15) is 0 Å². The first-order valence-electron chi connectivity index (χ1n) is 4.95. The molecule has 0 aliphatic rings. The summed E-state index contributed by atoms with van der Waals surface area (Å²) < 4.78 is 0. The van der Waals surface area contributed by atoms with E-state index in [4.69, 9.17) is 5.11 Å². The molecule has 86 valence electrons. The third-order valence-corrected chi connectivity index (χ3v) is 2.89. The van der Waals surface area contributed by atoms with E-state index in [1.165, 1.54) is 0 Å². The van der Waals surface area contributed by atoms with Crippen molar-refractivity contribution in [1.82, 2.24) is 0 Å². The summed E-state index contributed by atoms with van der Waals surface area (Å²) in [5.41, 5.74) is 3.35. The van der Waals surface area contributed by atoms with E-state index < -0.39 is 5.97 Å². The highest BCUT2D eigenvalue weighted by molar-refractivity contribution is 5.98. The van der Waals surface area contributed by atoms with Gasteiger partial charge in [-0.05, 0) is 37.5 Å². The van der Waals surface area contributed by atoms with E-state index >= 15 is 0 Å². The number of carbonyl (C=O) groups is 2. The quantitative estimate of drug-likeness (QED) is 0.767. The summed E-state index contributed by atoms with van der Waals surface area (Å²) in [4.78, 5) is 22.1. The second-order valence-electron chi connectivity index (χ2n) is 3.71. The highest BCUT2D eigenvalue weighted by atomic mass is 16.4. The van der Waals surface area contributed by atoms with Gasteiger partial charge in [-0.25, -0.2) is 4.79 Å². The largest absolute Gasteiger partial charge is 0.478 e. The monoisotopic (exact) mass is 221 g/mol. The van der Waals surface area contributed by atoms with Crippen LogP contribution in [0, 0.1) is 20.8 Å². The van der Waals surface area contributed by atoms with Crippen LogP contribution in [0.2, 0.25) is 0 Å². The maximum atomic E-state index is 11.1. The highest BCUT2D eigenvalue weighted by Gasteiger charge is 2.20. The van der Waals surface area contributed by atoms with Gasteiger partial charge in [0.2, 0.25) is 0 Å². The Morgan fingerprint density at radius 2 is 1.75 bits per heavy atom. The first-order valence-corrected chi connectivity index (χ1v) is 4.95. The molecular formula is C12H15NO3. The number of aromatic carboxylic acids is 1. The predicted molar refractivity (Wildman–Crippen MR) is 62.5 cm³/mol. The molecule has 4 nitrogen and oxygen atoms in total. The lowest BCUT2D eigenvalue weighted by molar-refractivity contribution is 0.0695. The van der Waals surface area contributed by atoms with E-state index in [1.54, 1.807) is 27.8 Å². The fourth-order valence-corrected chi connectivity index (χ4v) is 2.11. The number of benzene rings is 1. The minimum absolute atomic E-state index is 0.206. The van der Waals surface area contributed by atoms with E-state index in [0.29, 0.717) is 28.7 Å². The molecule has 0 saturated heterocycles. The van der Waals surface area contributed by atoms with Gasteiger partial charge in [0.15, 0.2) is 6.29 Å². The fraction of sp³-hybridized carbons (Fsp3) is 0.333. The van der Waals surface area contributed by atoms with Crippen LogP contribution in [0.15, 0.2) is 0 Å². The van der Waals surface area contributed by atoms with Gasteiger partial charge in [0.25, 0.3) is 0 Å². The molecule has 0 saturated carbocycles. The molecule has 2 N–H and O–H groups in total. The van der Waals surface area contributed by atoms with E-state index in [-0.39, 0.29) is 5.56 Å². The van der Waals surface area contributed by atoms with Crippen LogP contribution in [-0.4, -0.2) is 24.4 Å². The zero-order chi connectivity index (χ0) is 12.5. The summed E-state index contributed by atoms with van der Waals surface area (Å²) in [6.07, 6.45) is 0.706. The molecule has 1 aromatic carbocycles. The van der Waals surface area contributed by atoms with Crippen LogP contribution in [0.1, 0.15) is 37.4 Å². The van der Waals surface area contributed by atoms with E-state index in [1.807, 2.05) is 0 Å². The van der Waals surface area contributed by atoms with Crippen LogP contribution < -0.4 is 5.32 Å². The van der Waals surface area contributed by atoms with Gasteiger partial charge in [0, 0.05) is 18.3 Å². The molecule has 0 atom stereocenters. The average molecular weight is 221 g/mol. The molecule has 16 heavy (non-hydrogen) atoms. The van der Waals surface area contributed by atoms with Crippen LogP contribution in [0.3, 0.4) is 0 Å². The lowest BCUT2D eigenvalue weighted by atomic mass is 9.92. The van der Waals surface area contributed by atoms with Crippen LogP contribution >= 0.6 is 0 Å². The first-order chi connectivity index (χ1) is 7.45. The van der Waals surface area contributed by atoms with Crippen molar-refractivity contribution in [2.75, 3.05) is 12.4 Å². The smallest absolute Gasteiger partial charge is 0.336 e. The Morgan fingerprint density at radius 3 is 2.12 bits per heavy atom. The van der Waals surface area contributed by atoms with Crippen LogP contribution in [-0.2, 0) is 0 Å². The van der Waals surface area contributed by atoms with E-state index in [0.717, 1.165) is 5.56 Å². The second kappa shape index (κ2) is 4.35. The molecule has 4 heteroatoms. The van der Waals surface area contributed by atoms with E-state index in [9.17, 15) is 9.59 Å². The molecule has 0 unspecified atom stereocenters. The Kier molecular flexibility index (Phi) is 3.32. The molecular weight excluding hydrogens is 206 g/mol. The SMILES string of the molecule is CNc1c(C)c(C=O)c(C)c(C(=O)O)c1C. The molecule has 0 aliphatic carbocycles. The van der Waals surface area contributed by atoms with Gasteiger partial charge in [-0.15, -0.1) is 0 Å². The van der Waals surface area contributed by atoms with Crippen molar-refractivity contribution in [2.45, 2.75) is 20.8 Å². The molecule has 1 aromatic rings. The average Bonchev–Trinajstić information content (AvgIpc) is 2.18. The number of aldehydes is 1. The van der Waals surface area contributed by atoms with Gasteiger partial charge in [0.05, 0.1) is 5.56 Å². The number of hydrogen-bond acceptors (Lipinski definition) is 3. The van der Waals surface area contributed by atoms with Gasteiger partial charge < -0.3 is 10.4 Å². The minimum Gasteiger partial charge on any atom is -0.478 e. The minimum atomic E-state index is -1.00. The summed E-state index contributed by atoms with van der Waals surface area (Å²) in [7, 11) is 1.71. The molecule has 0 aromatic heterocycles. The van der Waals surface area contributed by atoms with Gasteiger partial charge in [0.1, 0.15) is 0 Å². The lowest BCUT2D eigenvalue weighted by Gasteiger charge is -2.17. The number of carbonyl (C=O) groups excluding carboxylic acids is 1. The van der Waals surface area contributed by atoms with Crippen molar-refractivity contribution in [2.24, 2.45) is 0 Å². The number of anilines is 1. The normalized spacial score (nSPS) is 10.0. The Morgan fingerprint density at radius 1 is 1.19 bits per heavy atom. The zero-order valence-electron chi connectivity index (χ0n) is 9.84. The number of carboxylic acid groups (broad SMARTS) is 1. The molecule has 0 heterocycles. The second-order valence-corrected chi connectivity index (χ2v) is 3.71. The number of nitrogens with one attached hydrogen (secondary N) is 1. The Labute approximate surface area is 94.3 Å². The van der Waals surface area contributed by atoms with Crippen molar-refractivity contribution in [3.63, 3.8) is 0 Å². The Hall–Kier alpha value is -1.84. The van der Waals surface area contributed by atoms with Crippen molar-refractivity contribution >= 4 is 17.9 Å². The van der Waals surface area contributed by atoms with Crippen molar-refractivity contribution < 1.29 is 14.7 Å². The van der Waals surface area contributed by atoms with Crippen LogP contribution in [0.5, 0.6) is 0 Å². The molecule has 0 fully saturated rings. The summed E-state index contributed by atoms with van der Waals surface area (Å²) in [5, 5.41) is 12.1. The van der Waals surface area contributed by atoms with Crippen LogP contribution in [0.25, 0.3) is 0 Å². The standard InChI is InChI=1S/C12H15NO3/c1-6-9(5-14)7(2)11(13-4)8(3)10(6)12(15)16/h5,13H,1-4H3,(H,15,16). The summed E-state index contributed by atoms with van der Waals surface area (Å²) in [5.74, 6) is -1.00. The molecule has 0 aliphatic heterocycles. The van der Waals surface area contributed by atoms with Gasteiger partial charge in [-0.1, -0.05) is 0 Å². The molecule has 1 rings (SSSR count). The number of rotatable bonds is 3. The maximum absolute atomic E-state index is 11.1. The third kappa shape index (κ3) is 1.66. The Balaban J connectivity index is 3.76. The fourth-order valence-electron chi connectivity index (χ4n) is 2.11. The molecule has 0 spiro atoms. The number of hydrogen-bond donors (Lipinski definition) is 2. The number of carboxylic acids is 1. The summed E-state index contributed by atoms with van der Waals surface area (Å²) in [6, 6.07) is 0. The first kappa shape index (κ1) is 12.2. The molecule has 0 amide bonds. The molecule has 0 bridgehead atoms. The Bertz CT molecular complexity index is 464. The summed E-state index contributed by atoms with van der Waals surface area (Å²) >= 11 is 0. The predicted octanol–water partition coefficient (Wildman–Crippen LogP) is 2.16. The van der Waals surface area contributed by atoms with Crippen molar-refractivity contribution in [3.8, 4) is 0 Å².